The Hall–Kier alpha value is -0.870. The fourth-order valence-electron chi connectivity index (χ4n) is 3.18. The van der Waals surface area contributed by atoms with Gasteiger partial charge in [-0.05, 0) is 71.5 Å². The SMILES string of the molecule is Nc1ncnc2c1nc(Sc1cc3c(cc1I)CCC3)n2CCCBr. The predicted octanol–water partition coefficient (Wildman–Crippen LogP) is 4.44. The van der Waals surface area contributed by atoms with Crippen LogP contribution in [-0.4, -0.2) is 24.8 Å². The van der Waals surface area contributed by atoms with Gasteiger partial charge in [0.1, 0.15) is 6.33 Å². The zero-order valence-electron chi connectivity index (χ0n) is 13.5. The van der Waals surface area contributed by atoms with Crippen molar-refractivity contribution in [3.63, 3.8) is 0 Å². The van der Waals surface area contributed by atoms with Crippen molar-refractivity contribution < 1.29 is 0 Å². The molecule has 8 heteroatoms. The third-order valence-electron chi connectivity index (χ3n) is 4.39. The first kappa shape index (κ1) is 17.5. The number of nitrogens with zero attached hydrogens (tertiary/aromatic N) is 4. The number of nitrogen functional groups attached to an aromatic ring is 1. The number of halogens is 2. The quantitative estimate of drug-likeness (QED) is 0.391. The van der Waals surface area contributed by atoms with Crippen molar-refractivity contribution in [3.05, 3.63) is 33.2 Å². The lowest BCUT2D eigenvalue weighted by atomic mass is 10.1. The van der Waals surface area contributed by atoms with Crippen LogP contribution in [0.4, 0.5) is 5.82 Å². The van der Waals surface area contributed by atoms with Gasteiger partial charge in [0.2, 0.25) is 0 Å². The Kier molecular flexibility index (Phi) is 5.19. The van der Waals surface area contributed by atoms with Gasteiger partial charge >= 0.3 is 0 Å². The minimum atomic E-state index is 0.438. The monoisotopic (exact) mass is 529 g/mol. The number of aromatic nitrogens is 4. The molecule has 0 fully saturated rings. The van der Waals surface area contributed by atoms with Crippen LogP contribution in [0.25, 0.3) is 11.2 Å². The Morgan fingerprint density at radius 2 is 2.04 bits per heavy atom. The lowest BCUT2D eigenvalue weighted by Crippen LogP contribution is -2.02. The summed E-state index contributed by atoms with van der Waals surface area (Å²) >= 11 is 7.64. The first-order valence-corrected chi connectivity index (χ1v) is 11.2. The number of hydrogen-bond acceptors (Lipinski definition) is 5. The Balaban J connectivity index is 1.77. The highest BCUT2D eigenvalue weighted by Gasteiger charge is 2.19. The molecule has 0 unspecified atom stereocenters. The lowest BCUT2D eigenvalue weighted by molar-refractivity contribution is 0.638. The average Bonchev–Trinajstić information content (AvgIpc) is 3.18. The molecule has 2 N–H and O–H groups in total. The van der Waals surface area contributed by atoms with Crippen molar-refractivity contribution in [1.29, 1.82) is 0 Å². The molecular weight excluding hydrogens is 513 g/mol. The second-order valence-corrected chi connectivity index (χ2v) is 8.99. The van der Waals surface area contributed by atoms with Gasteiger partial charge < -0.3 is 10.3 Å². The van der Waals surface area contributed by atoms with Crippen LogP contribution in [0.15, 0.2) is 28.5 Å². The molecule has 0 spiro atoms. The van der Waals surface area contributed by atoms with Crippen LogP contribution < -0.4 is 5.73 Å². The molecule has 5 nitrogen and oxygen atoms in total. The van der Waals surface area contributed by atoms with Crippen LogP contribution >= 0.6 is 50.3 Å². The topological polar surface area (TPSA) is 69.6 Å². The first-order chi connectivity index (χ1) is 12.2. The van der Waals surface area contributed by atoms with Gasteiger partial charge in [0.05, 0.1) is 0 Å². The third kappa shape index (κ3) is 3.40. The van der Waals surface area contributed by atoms with E-state index in [0.717, 1.165) is 29.1 Å². The minimum Gasteiger partial charge on any atom is -0.382 e. The molecular formula is C17H17BrIN5S. The number of imidazole rings is 1. The van der Waals surface area contributed by atoms with Gasteiger partial charge in [-0.3, -0.25) is 0 Å². The molecule has 0 atom stereocenters. The van der Waals surface area contributed by atoms with Gasteiger partial charge in [-0.2, -0.15) is 0 Å². The van der Waals surface area contributed by atoms with Gasteiger partial charge in [0.15, 0.2) is 22.1 Å². The van der Waals surface area contributed by atoms with E-state index in [1.54, 1.807) is 11.8 Å². The molecule has 1 aromatic carbocycles. The molecule has 0 bridgehead atoms. The first-order valence-electron chi connectivity index (χ1n) is 8.19. The number of nitrogens with two attached hydrogens (primary N) is 1. The van der Waals surface area contributed by atoms with Crippen LogP contribution in [-0.2, 0) is 19.4 Å². The van der Waals surface area contributed by atoms with Crippen molar-refractivity contribution >= 4 is 67.3 Å². The molecule has 1 aliphatic carbocycles. The number of rotatable bonds is 5. The molecule has 0 saturated heterocycles. The van der Waals surface area contributed by atoms with Gasteiger partial charge in [0.25, 0.3) is 0 Å². The van der Waals surface area contributed by atoms with E-state index < -0.39 is 0 Å². The minimum absolute atomic E-state index is 0.438. The normalized spacial score (nSPS) is 13.5. The van der Waals surface area contributed by atoms with Gasteiger partial charge in [-0.15, -0.1) is 0 Å². The summed E-state index contributed by atoms with van der Waals surface area (Å²) < 4.78 is 3.43. The smallest absolute Gasteiger partial charge is 0.175 e. The summed E-state index contributed by atoms with van der Waals surface area (Å²) in [4.78, 5) is 14.5. The largest absolute Gasteiger partial charge is 0.382 e. The highest BCUT2D eigenvalue weighted by molar-refractivity contribution is 14.1. The van der Waals surface area contributed by atoms with E-state index in [-0.39, 0.29) is 0 Å². The van der Waals surface area contributed by atoms with Crippen LogP contribution in [0.2, 0.25) is 0 Å². The number of benzene rings is 1. The summed E-state index contributed by atoms with van der Waals surface area (Å²) in [6.45, 7) is 0.849. The summed E-state index contributed by atoms with van der Waals surface area (Å²) in [5.41, 5.74) is 10.5. The van der Waals surface area contributed by atoms with Crippen molar-refractivity contribution in [2.75, 3.05) is 11.1 Å². The number of anilines is 1. The van der Waals surface area contributed by atoms with Gasteiger partial charge in [0, 0.05) is 20.3 Å². The van der Waals surface area contributed by atoms with Crippen LogP contribution in [0.3, 0.4) is 0 Å². The zero-order chi connectivity index (χ0) is 17.4. The molecule has 4 rings (SSSR count). The predicted molar refractivity (Wildman–Crippen MR) is 113 cm³/mol. The maximum absolute atomic E-state index is 6.02. The van der Waals surface area contributed by atoms with Crippen molar-refractivity contribution in [1.82, 2.24) is 19.5 Å². The van der Waals surface area contributed by atoms with Gasteiger partial charge in [-0.1, -0.05) is 27.7 Å². The van der Waals surface area contributed by atoms with E-state index in [4.69, 9.17) is 10.7 Å². The summed E-state index contributed by atoms with van der Waals surface area (Å²) in [5.74, 6) is 0.438. The molecule has 0 saturated carbocycles. The van der Waals surface area contributed by atoms with Crippen molar-refractivity contribution in [2.45, 2.75) is 42.3 Å². The van der Waals surface area contributed by atoms with E-state index >= 15 is 0 Å². The molecule has 25 heavy (non-hydrogen) atoms. The number of fused-ring (bicyclic) bond motifs is 2. The number of alkyl halides is 1. The molecule has 2 aromatic heterocycles. The Morgan fingerprint density at radius 1 is 1.24 bits per heavy atom. The maximum Gasteiger partial charge on any atom is 0.175 e. The van der Waals surface area contributed by atoms with E-state index in [1.807, 2.05) is 0 Å². The number of aryl methyl sites for hydroxylation is 3. The molecule has 0 amide bonds. The van der Waals surface area contributed by atoms with Crippen LogP contribution in [0.5, 0.6) is 0 Å². The van der Waals surface area contributed by atoms with E-state index in [2.05, 4.69) is 65.2 Å². The number of hydrogen-bond donors (Lipinski definition) is 1. The molecule has 2 heterocycles. The van der Waals surface area contributed by atoms with E-state index in [9.17, 15) is 0 Å². The fraction of sp³-hybridized carbons (Fsp3) is 0.353. The molecule has 130 valence electrons. The van der Waals surface area contributed by atoms with Crippen molar-refractivity contribution in [2.24, 2.45) is 0 Å². The maximum atomic E-state index is 6.02. The summed E-state index contributed by atoms with van der Waals surface area (Å²) in [6.07, 6.45) is 6.15. The van der Waals surface area contributed by atoms with Crippen molar-refractivity contribution in [3.8, 4) is 0 Å². The molecule has 1 aliphatic rings. The third-order valence-corrected chi connectivity index (χ3v) is 7.26. The Morgan fingerprint density at radius 3 is 2.84 bits per heavy atom. The van der Waals surface area contributed by atoms with Crippen LogP contribution in [0.1, 0.15) is 24.0 Å². The Bertz CT molecular complexity index is 942. The zero-order valence-corrected chi connectivity index (χ0v) is 18.1. The standard InChI is InChI=1S/C17H17BrIN5S/c18-5-2-6-24-16-14(15(20)21-9-22-16)23-17(24)25-13-8-11-4-1-3-10(11)7-12(13)19/h7-9H,1-6H2,(H2,20,21,22). The molecule has 0 aliphatic heterocycles. The summed E-state index contributed by atoms with van der Waals surface area (Å²) in [5, 5.41) is 1.87. The Labute approximate surface area is 172 Å². The highest BCUT2D eigenvalue weighted by atomic mass is 127. The van der Waals surface area contributed by atoms with Gasteiger partial charge in [-0.25, -0.2) is 15.0 Å². The van der Waals surface area contributed by atoms with E-state index in [0.29, 0.717) is 11.3 Å². The second kappa shape index (κ2) is 7.40. The van der Waals surface area contributed by atoms with Crippen LogP contribution in [0, 0.1) is 3.57 Å². The second-order valence-electron chi connectivity index (χ2n) is 6.03. The summed E-state index contributed by atoms with van der Waals surface area (Å²) in [7, 11) is 0. The molecule has 0 radical (unpaired) electrons. The van der Waals surface area contributed by atoms with E-state index in [1.165, 1.54) is 45.2 Å². The molecule has 3 aromatic rings. The summed E-state index contributed by atoms with van der Waals surface area (Å²) in [6, 6.07) is 4.66. The fourth-order valence-corrected chi connectivity index (χ4v) is 5.27. The highest BCUT2D eigenvalue weighted by Crippen LogP contribution is 2.37. The lowest BCUT2D eigenvalue weighted by Gasteiger charge is -2.10. The average molecular weight is 530 g/mol.